The standard InChI is InChI=1S/C11H10BN2O3S.C7H5BClO3.C4H6N2S/c1-7-6-10(18-14-7)13-11(15)8-2-4-9(5-3-8)17-12-16;9-7(10)5-1-3-6(4-2-5)12-8-11;1-3-2-4(5)7-6-3/h2-6,16H,1H3,(H,13,15);1-4,11H;2H,5H2,1H3. The predicted molar refractivity (Wildman–Crippen MR) is 146 cm³/mol. The minimum atomic E-state index is -0.519. The fourth-order valence-corrected chi connectivity index (χ4v) is 3.77. The number of benzene rings is 2. The van der Waals surface area contributed by atoms with Crippen LogP contribution in [0.3, 0.4) is 0 Å². The molecule has 2 radical (unpaired) electrons. The monoisotopic (exact) mass is 558 g/mol. The summed E-state index contributed by atoms with van der Waals surface area (Å²) in [5.41, 5.74) is 8.11. The van der Waals surface area contributed by atoms with Crippen LogP contribution in [0.1, 0.15) is 32.1 Å². The summed E-state index contributed by atoms with van der Waals surface area (Å²) in [6.45, 7) is 3.79. The number of halogens is 1. The van der Waals surface area contributed by atoms with Crippen LogP contribution in [0.15, 0.2) is 60.7 Å². The van der Waals surface area contributed by atoms with E-state index in [-0.39, 0.29) is 5.91 Å². The van der Waals surface area contributed by atoms with Gasteiger partial charge in [-0.25, -0.2) is 0 Å². The van der Waals surface area contributed by atoms with Crippen molar-refractivity contribution in [2.75, 3.05) is 11.1 Å². The van der Waals surface area contributed by atoms with E-state index in [1.807, 2.05) is 19.9 Å². The van der Waals surface area contributed by atoms with E-state index in [0.29, 0.717) is 43.0 Å². The Morgan fingerprint density at radius 2 is 1.35 bits per heavy atom. The Morgan fingerprint density at radius 1 is 0.865 bits per heavy atom. The lowest BCUT2D eigenvalue weighted by Gasteiger charge is -2.04. The number of rotatable bonds is 7. The molecule has 0 spiro atoms. The molecule has 0 atom stereocenters. The van der Waals surface area contributed by atoms with Crippen LogP contribution in [0.25, 0.3) is 0 Å². The number of aryl methyl sites for hydroxylation is 2. The second kappa shape index (κ2) is 15.6. The van der Waals surface area contributed by atoms with E-state index < -0.39 is 5.24 Å². The number of carbonyl (C=O) groups is 2. The van der Waals surface area contributed by atoms with E-state index in [1.54, 1.807) is 30.3 Å². The zero-order chi connectivity index (χ0) is 27.2. The smallest absolute Gasteiger partial charge is 0.537 e. The van der Waals surface area contributed by atoms with Gasteiger partial charge in [-0.2, -0.15) is 8.75 Å². The maximum atomic E-state index is 11.9. The summed E-state index contributed by atoms with van der Waals surface area (Å²) in [6, 6.07) is 16.2. The maximum Gasteiger partial charge on any atom is 0.569 e. The van der Waals surface area contributed by atoms with Gasteiger partial charge in [-0.15, -0.1) is 0 Å². The van der Waals surface area contributed by atoms with Gasteiger partial charge in [0.15, 0.2) is 0 Å². The van der Waals surface area contributed by atoms with Crippen molar-refractivity contribution in [3.63, 3.8) is 0 Å². The molecule has 1 amide bonds. The second-order valence-electron chi connectivity index (χ2n) is 6.93. The Labute approximate surface area is 228 Å². The van der Waals surface area contributed by atoms with Gasteiger partial charge >= 0.3 is 15.4 Å². The molecule has 2 aromatic carbocycles. The Kier molecular flexibility index (Phi) is 12.6. The van der Waals surface area contributed by atoms with Crippen LogP contribution in [0, 0.1) is 13.8 Å². The van der Waals surface area contributed by atoms with Crippen LogP contribution in [0.2, 0.25) is 0 Å². The number of carbonyl (C=O) groups excluding carboxylic acids is 2. The number of nitrogens with zero attached hydrogens (tertiary/aromatic N) is 2. The molecule has 0 bridgehead atoms. The van der Waals surface area contributed by atoms with Crippen molar-refractivity contribution in [1.29, 1.82) is 0 Å². The minimum Gasteiger partial charge on any atom is -0.537 e. The van der Waals surface area contributed by atoms with Gasteiger partial charge in [-0.3, -0.25) is 9.59 Å². The van der Waals surface area contributed by atoms with E-state index in [1.165, 1.54) is 47.3 Å². The largest absolute Gasteiger partial charge is 0.569 e. The highest BCUT2D eigenvalue weighted by Crippen LogP contribution is 2.18. The lowest BCUT2D eigenvalue weighted by molar-refractivity contribution is 0.102. The molecule has 4 rings (SSSR count). The molecule has 15 heteroatoms. The summed E-state index contributed by atoms with van der Waals surface area (Å²) in [7, 11) is 1.16. The molecule has 0 fully saturated rings. The van der Waals surface area contributed by atoms with Gasteiger partial charge in [0.05, 0.1) is 11.4 Å². The first kappa shape index (κ1) is 29.8. The molecular formula is C22H21B2ClN4O6S2. The first-order valence-corrected chi connectivity index (χ1v) is 12.2. The zero-order valence-electron chi connectivity index (χ0n) is 19.6. The van der Waals surface area contributed by atoms with Crippen LogP contribution in [0.5, 0.6) is 11.5 Å². The molecule has 0 saturated heterocycles. The molecule has 2 heterocycles. The van der Waals surface area contributed by atoms with Gasteiger partial charge in [0.2, 0.25) is 0 Å². The Hall–Kier alpha value is -3.42. The number of hydrogen-bond donors (Lipinski definition) is 4. The number of aromatic nitrogens is 2. The van der Waals surface area contributed by atoms with Crippen LogP contribution in [-0.2, 0) is 0 Å². The summed E-state index contributed by atoms with van der Waals surface area (Å²) in [4.78, 5) is 22.4. The lowest BCUT2D eigenvalue weighted by atomic mass is 10.2. The third-order valence-corrected chi connectivity index (χ3v) is 5.81. The molecule has 0 aliphatic carbocycles. The third kappa shape index (κ3) is 11.0. The predicted octanol–water partition coefficient (Wildman–Crippen LogP) is 3.61. The molecule has 4 aromatic rings. The molecule has 190 valence electrons. The van der Waals surface area contributed by atoms with E-state index in [9.17, 15) is 9.59 Å². The fourth-order valence-electron chi connectivity index (χ4n) is 2.46. The van der Waals surface area contributed by atoms with E-state index in [2.05, 4.69) is 18.7 Å². The van der Waals surface area contributed by atoms with Crippen molar-refractivity contribution < 1.29 is 28.9 Å². The number of anilines is 2. The number of amides is 1. The van der Waals surface area contributed by atoms with Gasteiger partial charge < -0.3 is 30.4 Å². The Bertz CT molecular complexity index is 1260. The van der Waals surface area contributed by atoms with Gasteiger partial charge in [0, 0.05) is 11.1 Å². The van der Waals surface area contributed by atoms with E-state index in [0.717, 1.165) is 16.4 Å². The maximum absolute atomic E-state index is 11.9. The second-order valence-corrected chi connectivity index (χ2v) is 8.91. The van der Waals surface area contributed by atoms with Gasteiger partial charge in [0.25, 0.3) is 11.1 Å². The summed E-state index contributed by atoms with van der Waals surface area (Å²) in [5, 5.41) is 20.5. The highest BCUT2D eigenvalue weighted by molar-refractivity contribution is 7.10. The Morgan fingerprint density at radius 3 is 1.70 bits per heavy atom. The summed E-state index contributed by atoms with van der Waals surface area (Å²) >= 11 is 7.77. The molecule has 0 aliphatic rings. The Balaban J connectivity index is 0.000000217. The normalized spacial score (nSPS) is 9.54. The molecule has 0 saturated carbocycles. The first-order valence-electron chi connectivity index (χ1n) is 10.3. The van der Waals surface area contributed by atoms with Crippen molar-refractivity contribution in [2.45, 2.75) is 13.8 Å². The lowest BCUT2D eigenvalue weighted by Crippen LogP contribution is -2.10. The van der Waals surface area contributed by atoms with Crippen LogP contribution < -0.4 is 20.4 Å². The van der Waals surface area contributed by atoms with Crippen molar-refractivity contribution in [2.24, 2.45) is 0 Å². The average Bonchev–Trinajstić information content (AvgIpc) is 3.47. The molecule has 10 nitrogen and oxygen atoms in total. The quantitative estimate of drug-likeness (QED) is 0.196. The van der Waals surface area contributed by atoms with Crippen LogP contribution in [0.4, 0.5) is 10.0 Å². The van der Waals surface area contributed by atoms with Gasteiger partial charge in [-0.05, 0) is 109 Å². The highest BCUT2D eigenvalue weighted by atomic mass is 35.5. The third-order valence-electron chi connectivity index (χ3n) is 4.09. The summed E-state index contributed by atoms with van der Waals surface area (Å²) in [5.74, 6) is 0.694. The van der Waals surface area contributed by atoms with E-state index in [4.69, 9.17) is 32.0 Å². The number of hydrogen-bond acceptors (Lipinski definition) is 11. The van der Waals surface area contributed by atoms with Crippen LogP contribution >= 0.6 is 34.7 Å². The average molecular weight is 559 g/mol. The number of nitrogens with one attached hydrogen (secondary N) is 1. The molecule has 5 N–H and O–H groups in total. The molecule has 37 heavy (non-hydrogen) atoms. The first-order chi connectivity index (χ1) is 17.7. The summed E-state index contributed by atoms with van der Waals surface area (Å²) < 4.78 is 17.4. The summed E-state index contributed by atoms with van der Waals surface area (Å²) in [6.07, 6.45) is 0. The van der Waals surface area contributed by atoms with Crippen molar-refractivity contribution in [3.05, 3.63) is 83.2 Å². The number of nitrogen functional groups attached to an aromatic ring is 1. The highest BCUT2D eigenvalue weighted by Gasteiger charge is 2.08. The topological polar surface area (TPSA) is 157 Å². The molecular weight excluding hydrogens is 537 g/mol. The van der Waals surface area contributed by atoms with Crippen molar-refractivity contribution in [1.82, 2.24) is 8.75 Å². The van der Waals surface area contributed by atoms with Crippen LogP contribution in [-0.4, -0.2) is 45.3 Å². The molecule has 2 aromatic heterocycles. The zero-order valence-corrected chi connectivity index (χ0v) is 22.0. The SMILES string of the molecule is Cc1cc(N)sn1.Cc1cc(NC(=O)c2ccc(O[B]O)cc2)sn1.O=C(Cl)c1ccc(O[B]O)cc1. The van der Waals surface area contributed by atoms with Gasteiger partial charge in [0.1, 0.15) is 21.5 Å². The fraction of sp³-hybridized carbons (Fsp3) is 0.0909. The van der Waals surface area contributed by atoms with Crippen molar-refractivity contribution in [3.8, 4) is 11.5 Å². The van der Waals surface area contributed by atoms with E-state index >= 15 is 0 Å². The number of nitrogens with two attached hydrogens (primary N) is 1. The molecule has 0 unspecified atom stereocenters. The molecule has 0 aliphatic heterocycles. The minimum absolute atomic E-state index is 0.210. The van der Waals surface area contributed by atoms with Gasteiger partial charge in [-0.1, -0.05) is 0 Å². The van der Waals surface area contributed by atoms with Crippen molar-refractivity contribution >= 4 is 71.2 Å².